The molecule has 3 rings (SSSR count). The van der Waals surface area contributed by atoms with Crippen LogP contribution in [-0.4, -0.2) is 35.5 Å². The fourth-order valence-electron chi connectivity index (χ4n) is 2.79. The van der Waals surface area contributed by atoms with E-state index in [0.717, 1.165) is 26.1 Å². The summed E-state index contributed by atoms with van der Waals surface area (Å²) in [6, 6.07) is 10.4. The lowest BCUT2D eigenvalue weighted by molar-refractivity contribution is 0.0519. The minimum absolute atomic E-state index is 0.242. The first-order valence-electron chi connectivity index (χ1n) is 7.65. The third-order valence-corrected chi connectivity index (χ3v) is 3.88. The highest BCUT2D eigenvalue weighted by Gasteiger charge is 2.28. The number of esters is 1. The van der Waals surface area contributed by atoms with Crippen molar-refractivity contribution in [3.63, 3.8) is 0 Å². The number of ether oxygens (including phenoxy) is 1. The summed E-state index contributed by atoms with van der Waals surface area (Å²) in [4.78, 5) is 18.3. The zero-order valence-electron chi connectivity index (χ0n) is 12.7. The second kappa shape index (κ2) is 6.75. The van der Waals surface area contributed by atoms with Gasteiger partial charge in [0.1, 0.15) is 6.26 Å². The topological polar surface area (TPSA) is 55.6 Å². The van der Waals surface area contributed by atoms with Gasteiger partial charge < -0.3 is 9.15 Å². The molecule has 116 valence electrons. The third kappa shape index (κ3) is 3.36. The van der Waals surface area contributed by atoms with Crippen molar-refractivity contribution in [1.82, 2.24) is 9.88 Å². The number of benzene rings is 1. The third-order valence-electron chi connectivity index (χ3n) is 3.88. The molecule has 0 saturated carbocycles. The van der Waals surface area contributed by atoms with Gasteiger partial charge in [-0.05, 0) is 25.5 Å². The van der Waals surface area contributed by atoms with Gasteiger partial charge in [-0.2, -0.15) is 0 Å². The lowest BCUT2D eigenvalue weighted by Gasteiger charge is -2.15. The van der Waals surface area contributed by atoms with E-state index in [1.165, 1.54) is 11.8 Å². The molecule has 0 radical (unpaired) electrons. The molecule has 0 N–H and O–H groups in total. The van der Waals surface area contributed by atoms with Gasteiger partial charge in [0, 0.05) is 19.0 Å². The summed E-state index contributed by atoms with van der Waals surface area (Å²) in [5.74, 6) is 0.460. The molecule has 1 aromatic carbocycles. The largest absolute Gasteiger partial charge is 0.461 e. The number of carbonyl (C=O) groups excluding carboxylic acids is 1. The summed E-state index contributed by atoms with van der Waals surface area (Å²) in [5, 5.41) is 0. The van der Waals surface area contributed by atoms with Crippen LogP contribution in [0.4, 0.5) is 0 Å². The van der Waals surface area contributed by atoms with Gasteiger partial charge in [0.05, 0.1) is 6.61 Å². The van der Waals surface area contributed by atoms with Crippen molar-refractivity contribution in [3.05, 3.63) is 53.7 Å². The van der Waals surface area contributed by atoms with Gasteiger partial charge in [-0.15, -0.1) is 0 Å². The van der Waals surface area contributed by atoms with Crippen molar-refractivity contribution in [2.45, 2.75) is 25.8 Å². The molecule has 1 fully saturated rings. The zero-order valence-corrected chi connectivity index (χ0v) is 12.7. The smallest absolute Gasteiger partial charge is 0.360 e. The Kier molecular flexibility index (Phi) is 4.53. The van der Waals surface area contributed by atoms with Crippen LogP contribution in [-0.2, 0) is 11.3 Å². The zero-order chi connectivity index (χ0) is 15.4. The first-order valence-corrected chi connectivity index (χ1v) is 7.65. The number of hydrogen-bond acceptors (Lipinski definition) is 5. The Morgan fingerprint density at radius 1 is 1.41 bits per heavy atom. The molecule has 2 heterocycles. The van der Waals surface area contributed by atoms with Crippen molar-refractivity contribution in [1.29, 1.82) is 0 Å². The van der Waals surface area contributed by atoms with E-state index in [1.54, 1.807) is 6.92 Å². The molecule has 5 nitrogen and oxygen atoms in total. The molecule has 0 bridgehead atoms. The van der Waals surface area contributed by atoms with E-state index < -0.39 is 5.97 Å². The van der Waals surface area contributed by atoms with Crippen molar-refractivity contribution < 1.29 is 13.9 Å². The number of aromatic nitrogens is 1. The van der Waals surface area contributed by atoms with Crippen LogP contribution in [0, 0.1) is 0 Å². The fraction of sp³-hybridized carbons (Fsp3) is 0.412. The molecular formula is C17H20N2O3. The Labute approximate surface area is 129 Å². The van der Waals surface area contributed by atoms with Gasteiger partial charge in [0.2, 0.25) is 0 Å². The Bertz CT molecular complexity index is 624. The van der Waals surface area contributed by atoms with Crippen molar-refractivity contribution in [2.24, 2.45) is 0 Å². The second-order valence-electron chi connectivity index (χ2n) is 5.50. The normalized spacial score (nSPS) is 18.5. The van der Waals surface area contributed by atoms with Crippen molar-refractivity contribution in [2.75, 3.05) is 19.7 Å². The number of rotatable bonds is 5. The highest BCUT2D eigenvalue weighted by Crippen LogP contribution is 2.27. The van der Waals surface area contributed by atoms with Gasteiger partial charge in [-0.3, -0.25) is 4.90 Å². The summed E-state index contributed by atoms with van der Waals surface area (Å²) in [6.45, 7) is 4.96. The Morgan fingerprint density at radius 3 is 3.00 bits per heavy atom. The van der Waals surface area contributed by atoms with Crippen LogP contribution in [0.2, 0.25) is 0 Å². The van der Waals surface area contributed by atoms with Crippen LogP contribution < -0.4 is 0 Å². The highest BCUT2D eigenvalue weighted by atomic mass is 16.5. The van der Waals surface area contributed by atoms with Crippen LogP contribution in [0.15, 0.2) is 41.0 Å². The Balaban J connectivity index is 1.59. The van der Waals surface area contributed by atoms with E-state index in [1.807, 2.05) is 6.07 Å². The quantitative estimate of drug-likeness (QED) is 0.795. The summed E-state index contributed by atoms with van der Waals surface area (Å²) >= 11 is 0. The predicted octanol–water partition coefficient (Wildman–Crippen LogP) is 2.84. The second-order valence-corrected chi connectivity index (χ2v) is 5.50. The van der Waals surface area contributed by atoms with Crippen molar-refractivity contribution >= 4 is 5.97 Å². The molecule has 1 aliphatic rings. The number of hydrogen-bond donors (Lipinski definition) is 0. The maximum absolute atomic E-state index is 11.6. The van der Waals surface area contributed by atoms with E-state index in [2.05, 4.69) is 34.1 Å². The van der Waals surface area contributed by atoms with Crippen LogP contribution in [0.3, 0.4) is 0 Å². The molecule has 0 spiro atoms. The molecule has 22 heavy (non-hydrogen) atoms. The summed E-state index contributed by atoms with van der Waals surface area (Å²) < 4.78 is 10.4. The van der Waals surface area contributed by atoms with E-state index in [9.17, 15) is 4.79 Å². The minimum atomic E-state index is -0.420. The van der Waals surface area contributed by atoms with Crippen LogP contribution in [0.5, 0.6) is 0 Å². The lowest BCUT2D eigenvalue weighted by Crippen LogP contribution is -2.19. The molecule has 5 heteroatoms. The van der Waals surface area contributed by atoms with Gasteiger partial charge in [-0.1, -0.05) is 30.3 Å². The summed E-state index contributed by atoms with van der Waals surface area (Å²) in [7, 11) is 0. The number of likely N-dealkylation sites (tertiary alicyclic amines) is 1. The summed E-state index contributed by atoms with van der Waals surface area (Å²) in [6.07, 6.45) is 2.39. The Morgan fingerprint density at radius 2 is 2.23 bits per heavy atom. The Hall–Kier alpha value is -2.14. The van der Waals surface area contributed by atoms with Crippen LogP contribution in [0.1, 0.15) is 41.2 Å². The molecule has 1 aromatic heterocycles. The first-order chi connectivity index (χ1) is 10.8. The van der Waals surface area contributed by atoms with Crippen LogP contribution in [0.25, 0.3) is 0 Å². The minimum Gasteiger partial charge on any atom is -0.461 e. The van der Waals surface area contributed by atoms with Gasteiger partial charge in [0.25, 0.3) is 0 Å². The van der Waals surface area contributed by atoms with Gasteiger partial charge in [-0.25, -0.2) is 9.78 Å². The van der Waals surface area contributed by atoms with Crippen LogP contribution >= 0.6 is 0 Å². The maximum Gasteiger partial charge on any atom is 0.360 e. The molecular weight excluding hydrogens is 280 g/mol. The number of carbonyl (C=O) groups is 1. The molecule has 1 unspecified atom stereocenters. The molecule has 0 aliphatic carbocycles. The summed E-state index contributed by atoms with van der Waals surface area (Å²) in [5.41, 5.74) is 1.57. The highest BCUT2D eigenvalue weighted by molar-refractivity contribution is 5.86. The number of oxazole rings is 1. The average Bonchev–Trinajstić information content (AvgIpc) is 3.17. The monoisotopic (exact) mass is 300 g/mol. The fourth-order valence-corrected chi connectivity index (χ4v) is 2.79. The van der Waals surface area contributed by atoms with Gasteiger partial charge >= 0.3 is 5.97 Å². The van der Waals surface area contributed by atoms with E-state index in [4.69, 9.17) is 9.15 Å². The van der Waals surface area contributed by atoms with E-state index in [0.29, 0.717) is 12.5 Å². The standard InChI is InChI=1S/C17H20N2O3/c1-2-21-17(20)15-12-22-16(18-15)14-8-9-19(11-14)10-13-6-4-3-5-7-13/h3-7,12,14H,2,8-11H2,1H3. The SMILES string of the molecule is CCOC(=O)c1coc(C2CCN(Cc3ccccc3)C2)n1. The lowest BCUT2D eigenvalue weighted by atomic mass is 10.1. The van der Waals surface area contributed by atoms with Crippen molar-refractivity contribution in [3.8, 4) is 0 Å². The first kappa shape index (κ1) is 14.8. The average molecular weight is 300 g/mol. The molecule has 2 aromatic rings. The van der Waals surface area contributed by atoms with E-state index in [-0.39, 0.29) is 11.6 Å². The maximum atomic E-state index is 11.6. The molecule has 0 amide bonds. The molecule has 1 atom stereocenters. The number of nitrogens with zero attached hydrogens (tertiary/aromatic N) is 2. The molecule has 1 aliphatic heterocycles. The van der Waals surface area contributed by atoms with E-state index >= 15 is 0 Å². The predicted molar refractivity (Wildman–Crippen MR) is 81.5 cm³/mol. The van der Waals surface area contributed by atoms with Gasteiger partial charge in [0.15, 0.2) is 11.6 Å². The molecule has 1 saturated heterocycles.